The van der Waals surface area contributed by atoms with Crippen LogP contribution in [0, 0.1) is 5.92 Å². The molecule has 0 saturated carbocycles. The van der Waals surface area contributed by atoms with Gasteiger partial charge in [0.1, 0.15) is 6.04 Å². The molecule has 1 saturated heterocycles. The summed E-state index contributed by atoms with van der Waals surface area (Å²) in [6.07, 6.45) is 3.36. The van der Waals surface area contributed by atoms with Crippen molar-refractivity contribution in [1.82, 2.24) is 20.2 Å². The van der Waals surface area contributed by atoms with E-state index < -0.39 is 23.8 Å². The number of benzene rings is 2. The Labute approximate surface area is 197 Å². The average Bonchev–Trinajstić information content (AvgIpc) is 3.37. The molecule has 2 atom stereocenters. The van der Waals surface area contributed by atoms with E-state index in [1.807, 2.05) is 42.5 Å². The van der Waals surface area contributed by atoms with Crippen molar-refractivity contribution in [2.75, 3.05) is 26.3 Å². The van der Waals surface area contributed by atoms with E-state index in [0.29, 0.717) is 38.4 Å². The molecule has 1 fully saturated rings. The molecule has 0 bridgehead atoms. The number of carbonyl (C=O) groups is 3. The van der Waals surface area contributed by atoms with E-state index in [1.54, 1.807) is 4.90 Å². The second kappa shape index (κ2) is 10.9. The quantitative estimate of drug-likeness (QED) is 0.443. The van der Waals surface area contributed by atoms with E-state index in [2.05, 4.69) is 15.3 Å². The van der Waals surface area contributed by atoms with Gasteiger partial charge in [-0.1, -0.05) is 42.5 Å². The smallest absolute Gasteiger partial charge is 0.326 e. The fourth-order valence-electron chi connectivity index (χ4n) is 4.25. The first-order chi connectivity index (χ1) is 16.5. The molecule has 9 nitrogen and oxygen atoms in total. The molecule has 1 aliphatic rings. The van der Waals surface area contributed by atoms with Gasteiger partial charge < -0.3 is 25.0 Å². The lowest BCUT2D eigenvalue weighted by Crippen LogP contribution is -2.47. The van der Waals surface area contributed by atoms with Crippen LogP contribution in [0.2, 0.25) is 0 Å². The Morgan fingerprint density at radius 3 is 2.59 bits per heavy atom. The highest BCUT2D eigenvalue weighted by atomic mass is 16.5. The van der Waals surface area contributed by atoms with E-state index in [0.717, 1.165) is 16.3 Å². The molecule has 0 spiro atoms. The largest absolute Gasteiger partial charge is 0.480 e. The highest BCUT2D eigenvalue weighted by Gasteiger charge is 2.30. The van der Waals surface area contributed by atoms with Gasteiger partial charge in [-0.3, -0.25) is 9.59 Å². The SMILES string of the molecule is O=C(N[C@@H](Cc1cnc[nH]1)C(=O)O)C(CC(=O)N1CCOCC1)Cc1cccc2ccccc12. The number of carbonyl (C=O) groups excluding carboxylic acids is 2. The van der Waals surface area contributed by atoms with Crippen molar-refractivity contribution in [2.24, 2.45) is 5.92 Å². The topological polar surface area (TPSA) is 125 Å². The molecule has 178 valence electrons. The second-order valence-corrected chi connectivity index (χ2v) is 8.42. The highest BCUT2D eigenvalue weighted by Crippen LogP contribution is 2.23. The van der Waals surface area contributed by atoms with Crippen LogP contribution in [0.4, 0.5) is 0 Å². The molecule has 1 aromatic heterocycles. The van der Waals surface area contributed by atoms with Crippen LogP contribution in [-0.4, -0.2) is 70.1 Å². The molecule has 2 aromatic carbocycles. The van der Waals surface area contributed by atoms with Crippen LogP contribution >= 0.6 is 0 Å². The molecule has 3 aromatic rings. The summed E-state index contributed by atoms with van der Waals surface area (Å²) in [6, 6.07) is 12.6. The van der Waals surface area contributed by atoms with E-state index in [4.69, 9.17) is 4.74 Å². The summed E-state index contributed by atoms with van der Waals surface area (Å²) in [7, 11) is 0. The van der Waals surface area contributed by atoms with Gasteiger partial charge in [0.25, 0.3) is 0 Å². The van der Waals surface area contributed by atoms with E-state index in [1.165, 1.54) is 12.5 Å². The van der Waals surface area contributed by atoms with E-state index in [9.17, 15) is 19.5 Å². The monoisotopic (exact) mass is 464 g/mol. The normalized spacial score (nSPS) is 15.6. The average molecular weight is 465 g/mol. The Hall–Kier alpha value is -3.72. The van der Waals surface area contributed by atoms with Gasteiger partial charge in [-0.15, -0.1) is 0 Å². The molecule has 2 heterocycles. The lowest BCUT2D eigenvalue weighted by atomic mass is 9.91. The third-order valence-corrected chi connectivity index (χ3v) is 6.10. The van der Waals surface area contributed by atoms with Crippen LogP contribution in [0.15, 0.2) is 55.0 Å². The molecular weight excluding hydrogens is 436 g/mol. The summed E-state index contributed by atoms with van der Waals surface area (Å²) < 4.78 is 5.33. The maximum absolute atomic E-state index is 13.3. The van der Waals surface area contributed by atoms with Gasteiger partial charge in [0.05, 0.1) is 25.5 Å². The summed E-state index contributed by atoms with van der Waals surface area (Å²) >= 11 is 0. The van der Waals surface area contributed by atoms with Crippen LogP contribution in [0.3, 0.4) is 0 Å². The minimum atomic E-state index is -1.15. The molecule has 0 aliphatic carbocycles. The van der Waals surface area contributed by atoms with Crippen LogP contribution in [0.1, 0.15) is 17.7 Å². The number of aromatic amines is 1. The van der Waals surface area contributed by atoms with Crippen molar-refractivity contribution < 1.29 is 24.2 Å². The third kappa shape index (κ3) is 5.79. The molecule has 4 rings (SSSR count). The number of amides is 2. The van der Waals surface area contributed by atoms with Crippen molar-refractivity contribution >= 4 is 28.6 Å². The fraction of sp³-hybridized carbons (Fsp3) is 0.360. The molecule has 34 heavy (non-hydrogen) atoms. The number of carboxylic acids is 1. The maximum Gasteiger partial charge on any atom is 0.326 e. The van der Waals surface area contributed by atoms with Gasteiger partial charge in [-0.2, -0.15) is 0 Å². The minimum absolute atomic E-state index is 0.00848. The zero-order valence-corrected chi connectivity index (χ0v) is 18.8. The van der Waals surface area contributed by atoms with Crippen LogP contribution in [0.25, 0.3) is 10.8 Å². The van der Waals surface area contributed by atoms with Crippen molar-refractivity contribution in [3.63, 3.8) is 0 Å². The number of H-pyrrole nitrogens is 1. The number of rotatable bonds is 9. The van der Waals surface area contributed by atoms with Gasteiger partial charge >= 0.3 is 5.97 Å². The summed E-state index contributed by atoms with van der Waals surface area (Å²) in [6.45, 7) is 1.91. The number of morpholine rings is 1. The van der Waals surface area contributed by atoms with E-state index >= 15 is 0 Å². The van der Waals surface area contributed by atoms with E-state index in [-0.39, 0.29) is 18.7 Å². The number of fused-ring (bicyclic) bond motifs is 1. The summed E-state index contributed by atoms with van der Waals surface area (Å²) in [5, 5.41) is 14.4. The number of hydrogen-bond acceptors (Lipinski definition) is 5. The summed E-state index contributed by atoms with van der Waals surface area (Å²) in [5.41, 5.74) is 1.54. The number of hydrogen-bond donors (Lipinski definition) is 3. The molecule has 9 heteroatoms. The van der Waals surface area contributed by atoms with Gasteiger partial charge in [0.15, 0.2) is 0 Å². The van der Waals surface area contributed by atoms with Crippen molar-refractivity contribution in [3.05, 3.63) is 66.2 Å². The summed E-state index contributed by atoms with van der Waals surface area (Å²) in [5.74, 6) is -2.46. The Morgan fingerprint density at radius 2 is 1.85 bits per heavy atom. The predicted octanol–water partition coefficient (Wildman–Crippen LogP) is 1.78. The van der Waals surface area contributed by atoms with Gasteiger partial charge in [0.2, 0.25) is 11.8 Å². The fourth-order valence-corrected chi connectivity index (χ4v) is 4.25. The molecule has 2 amide bonds. The minimum Gasteiger partial charge on any atom is -0.480 e. The van der Waals surface area contributed by atoms with Crippen LogP contribution < -0.4 is 5.32 Å². The Morgan fingerprint density at radius 1 is 1.09 bits per heavy atom. The van der Waals surface area contributed by atoms with Crippen molar-refractivity contribution in [1.29, 1.82) is 0 Å². The number of carboxylic acid groups (broad SMARTS) is 1. The Kier molecular flexibility index (Phi) is 7.54. The zero-order valence-electron chi connectivity index (χ0n) is 18.8. The number of imidazole rings is 1. The van der Waals surface area contributed by atoms with Crippen molar-refractivity contribution in [2.45, 2.75) is 25.3 Å². The second-order valence-electron chi connectivity index (χ2n) is 8.42. The first-order valence-electron chi connectivity index (χ1n) is 11.3. The first kappa shape index (κ1) is 23.4. The Bertz CT molecular complexity index is 1140. The number of aliphatic carboxylic acids is 1. The number of aromatic nitrogens is 2. The van der Waals surface area contributed by atoms with Gasteiger partial charge in [-0.25, -0.2) is 9.78 Å². The Balaban J connectivity index is 1.55. The molecule has 1 aliphatic heterocycles. The number of nitrogens with zero attached hydrogens (tertiary/aromatic N) is 2. The number of nitrogens with one attached hydrogen (secondary N) is 2. The van der Waals surface area contributed by atoms with Crippen LogP contribution in [0.5, 0.6) is 0 Å². The number of ether oxygens (including phenoxy) is 1. The van der Waals surface area contributed by atoms with Crippen molar-refractivity contribution in [3.8, 4) is 0 Å². The first-order valence-corrected chi connectivity index (χ1v) is 11.3. The third-order valence-electron chi connectivity index (χ3n) is 6.10. The highest BCUT2D eigenvalue weighted by molar-refractivity contribution is 5.90. The molecule has 1 unspecified atom stereocenters. The molecule has 0 radical (unpaired) electrons. The zero-order chi connectivity index (χ0) is 23.9. The standard InChI is InChI=1S/C25H28N4O5/c30-23(29-8-10-34-11-9-29)13-19(12-18-6-3-5-17-4-1-2-7-21(17)18)24(31)28-22(25(32)33)14-20-15-26-16-27-20/h1-7,15-16,19,22H,8-14H2,(H,26,27)(H,28,31)(H,32,33)/t19?,22-/m0/s1. The lowest BCUT2D eigenvalue weighted by Gasteiger charge is -2.29. The summed E-state index contributed by atoms with van der Waals surface area (Å²) in [4.78, 5) is 46.7. The predicted molar refractivity (Wildman–Crippen MR) is 125 cm³/mol. The van der Waals surface area contributed by atoms with Gasteiger partial charge in [-0.05, 0) is 22.8 Å². The molecular formula is C25H28N4O5. The molecule has 3 N–H and O–H groups in total. The van der Waals surface area contributed by atoms with Gasteiger partial charge in [0, 0.05) is 37.8 Å². The lowest BCUT2D eigenvalue weighted by molar-refractivity contribution is -0.143. The van der Waals surface area contributed by atoms with Crippen LogP contribution in [-0.2, 0) is 32.0 Å². The maximum atomic E-state index is 13.3.